The quantitative estimate of drug-likeness (QED) is 0.836. The van der Waals surface area contributed by atoms with Gasteiger partial charge in [-0.2, -0.15) is 0 Å². The topological polar surface area (TPSA) is 32.3 Å². The van der Waals surface area contributed by atoms with Gasteiger partial charge in [-0.1, -0.05) is 24.3 Å². The summed E-state index contributed by atoms with van der Waals surface area (Å²) in [7, 11) is 0. The van der Waals surface area contributed by atoms with Crippen molar-refractivity contribution >= 4 is 27.5 Å². The van der Waals surface area contributed by atoms with E-state index < -0.39 is 0 Å². The van der Waals surface area contributed by atoms with Crippen molar-refractivity contribution < 1.29 is 9.18 Å². The molecule has 1 aliphatic rings. The lowest BCUT2D eigenvalue weighted by atomic mass is 9.96. The lowest BCUT2D eigenvalue weighted by molar-refractivity contribution is -0.121. The first-order valence-corrected chi connectivity index (χ1v) is 8.93. The Kier molecular flexibility index (Phi) is 5.63. The van der Waals surface area contributed by atoms with Crippen LogP contribution in [0.25, 0.3) is 0 Å². The number of likely N-dealkylation sites (tertiary alicyclic amines) is 1. The number of carbonyl (C=O) groups is 1. The van der Waals surface area contributed by atoms with E-state index in [1.54, 1.807) is 12.1 Å². The number of benzene rings is 2. The number of piperidine rings is 1. The van der Waals surface area contributed by atoms with Gasteiger partial charge in [-0.15, -0.1) is 0 Å². The van der Waals surface area contributed by atoms with Crippen molar-refractivity contribution in [2.45, 2.75) is 19.4 Å². The van der Waals surface area contributed by atoms with E-state index in [0.29, 0.717) is 0 Å². The number of anilines is 1. The summed E-state index contributed by atoms with van der Waals surface area (Å²) in [5.41, 5.74) is 1.88. The molecule has 5 heteroatoms. The minimum Gasteiger partial charge on any atom is -0.325 e. The maximum absolute atomic E-state index is 13.0. The van der Waals surface area contributed by atoms with Crippen LogP contribution < -0.4 is 5.32 Å². The van der Waals surface area contributed by atoms with Gasteiger partial charge in [0.15, 0.2) is 0 Å². The average Bonchev–Trinajstić information content (AvgIpc) is 2.59. The lowest BCUT2D eigenvalue weighted by Crippen LogP contribution is -2.40. The number of nitrogens with zero attached hydrogens (tertiary/aromatic N) is 1. The standard InChI is InChI=1S/C19H20BrFN2O/c20-17-5-1-2-6-18(17)22-19(24)15-4-3-11-23(13-15)12-14-7-9-16(21)10-8-14/h1-2,5-10,15H,3-4,11-13H2,(H,22,24)/t15-/m0/s1. The molecule has 1 aliphatic heterocycles. The van der Waals surface area contributed by atoms with E-state index in [-0.39, 0.29) is 17.6 Å². The molecule has 0 radical (unpaired) electrons. The molecule has 0 aromatic heterocycles. The average molecular weight is 391 g/mol. The fraction of sp³-hybridized carbons (Fsp3) is 0.316. The van der Waals surface area contributed by atoms with Gasteiger partial charge in [-0.3, -0.25) is 9.69 Å². The number of para-hydroxylation sites is 1. The third-order valence-electron chi connectivity index (χ3n) is 4.33. The van der Waals surface area contributed by atoms with Crippen molar-refractivity contribution in [1.82, 2.24) is 4.90 Å². The van der Waals surface area contributed by atoms with Gasteiger partial charge in [0.25, 0.3) is 0 Å². The molecule has 0 unspecified atom stereocenters. The van der Waals surface area contributed by atoms with Gasteiger partial charge in [0.05, 0.1) is 11.6 Å². The van der Waals surface area contributed by atoms with Crippen molar-refractivity contribution in [2.75, 3.05) is 18.4 Å². The Balaban J connectivity index is 1.59. The molecule has 1 amide bonds. The van der Waals surface area contributed by atoms with Gasteiger partial charge in [-0.05, 0) is 65.1 Å². The van der Waals surface area contributed by atoms with Crippen molar-refractivity contribution in [3.63, 3.8) is 0 Å². The van der Waals surface area contributed by atoms with Gasteiger partial charge >= 0.3 is 0 Å². The Bertz CT molecular complexity index is 705. The second-order valence-electron chi connectivity index (χ2n) is 6.17. The van der Waals surface area contributed by atoms with Gasteiger partial charge < -0.3 is 5.32 Å². The highest BCUT2D eigenvalue weighted by atomic mass is 79.9. The third-order valence-corrected chi connectivity index (χ3v) is 5.02. The summed E-state index contributed by atoms with van der Waals surface area (Å²) in [5, 5.41) is 3.01. The van der Waals surface area contributed by atoms with Crippen molar-refractivity contribution in [2.24, 2.45) is 5.92 Å². The number of hydrogen-bond donors (Lipinski definition) is 1. The summed E-state index contributed by atoms with van der Waals surface area (Å²) in [5.74, 6) is -0.180. The maximum Gasteiger partial charge on any atom is 0.228 e. The molecule has 24 heavy (non-hydrogen) atoms. The minimum atomic E-state index is -0.219. The Morgan fingerprint density at radius 1 is 1.21 bits per heavy atom. The molecule has 0 bridgehead atoms. The fourth-order valence-corrected chi connectivity index (χ4v) is 3.44. The molecule has 126 valence electrons. The molecule has 1 N–H and O–H groups in total. The van der Waals surface area contributed by atoms with Crippen LogP contribution in [0.2, 0.25) is 0 Å². The van der Waals surface area contributed by atoms with Gasteiger partial charge in [-0.25, -0.2) is 4.39 Å². The number of hydrogen-bond acceptors (Lipinski definition) is 2. The van der Waals surface area contributed by atoms with Gasteiger partial charge in [0, 0.05) is 17.6 Å². The normalized spacial score (nSPS) is 18.3. The molecule has 1 saturated heterocycles. The summed E-state index contributed by atoms with van der Waals surface area (Å²) in [6.07, 6.45) is 1.89. The Morgan fingerprint density at radius 2 is 1.96 bits per heavy atom. The third kappa shape index (κ3) is 4.42. The summed E-state index contributed by atoms with van der Waals surface area (Å²) in [4.78, 5) is 14.8. The van der Waals surface area contributed by atoms with E-state index in [1.807, 2.05) is 24.3 Å². The molecule has 2 aromatic rings. The van der Waals surface area contributed by atoms with E-state index in [1.165, 1.54) is 12.1 Å². The summed E-state index contributed by atoms with van der Waals surface area (Å²) < 4.78 is 13.9. The number of rotatable bonds is 4. The van der Waals surface area contributed by atoms with Crippen molar-refractivity contribution in [1.29, 1.82) is 0 Å². The van der Waals surface area contributed by atoms with Crippen molar-refractivity contribution in [3.05, 3.63) is 64.4 Å². The van der Waals surface area contributed by atoms with Gasteiger partial charge in [0.1, 0.15) is 5.82 Å². The van der Waals surface area contributed by atoms with Crippen LogP contribution in [0.5, 0.6) is 0 Å². The van der Waals surface area contributed by atoms with E-state index in [9.17, 15) is 9.18 Å². The first kappa shape index (κ1) is 17.1. The van der Waals surface area contributed by atoms with Crippen molar-refractivity contribution in [3.8, 4) is 0 Å². The van der Waals surface area contributed by atoms with Crippen LogP contribution in [-0.2, 0) is 11.3 Å². The second kappa shape index (κ2) is 7.90. The molecule has 0 aliphatic carbocycles. The molecule has 1 heterocycles. The smallest absolute Gasteiger partial charge is 0.228 e. The summed E-state index contributed by atoms with van der Waals surface area (Å²) in [6.45, 7) is 2.45. The predicted octanol–water partition coefficient (Wildman–Crippen LogP) is 4.44. The zero-order chi connectivity index (χ0) is 16.9. The number of carbonyl (C=O) groups excluding carboxylic acids is 1. The van der Waals surface area contributed by atoms with E-state index in [0.717, 1.165) is 48.2 Å². The molecule has 3 rings (SSSR count). The summed E-state index contributed by atoms with van der Waals surface area (Å²) in [6, 6.07) is 14.2. The van der Waals surface area contributed by atoms with Gasteiger partial charge in [0.2, 0.25) is 5.91 Å². The SMILES string of the molecule is O=C(Nc1ccccc1Br)[C@H]1CCCN(Cc2ccc(F)cc2)C1. The highest BCUT2D eigenvalue weighted by Crippen LogP contribution is 2.24. The Hall–Kier alpha value is -1.72. The Labute approximate surface area is 150 Å². The predicted molar refractivity (Wildman–Crippen MR) is 97.2 cm³/mol. The molecule has 2 aromatic carbocycles. The van der Waals surface area contributed by atoms with Crippen LogP contribution >= 0.6 is 15.9 Å². The van der Waals surface area contributed by atoms with Crippen LogP contribution in [0, 0.1) is 11.7 Å². The number of amides is 1. The van der Waals surface area contributed by atoms with E-state index in [2.05, 4.69) is 26.1 Å². The zero-order valence-electron chi connectivity index (χ0n) is 13.3. The summed E-state index contributed by atoms with van der Waals surface area (Å²) >= 11 is 3.45. The van der Waals surface area contributed by atoms with E-state index in [4.69, 9.17) is 0 Å². The van der Waals surface area contributed by atoms with Crippen LogP contribution in [0.15, 0.2) is 53.0 Å². The first-order chi connectivity index (χ1) is 11.6. The lowest BCUT2D eigenvalue weighted by Gasteiger charge is -2.32. The zero-order valence-corrected chi connectivity index (χ0v) is 14.9. The molecule has 1 atom stereocenters. The minimum absolute atomic E-state index is 0.0219. The second-order valence-corrected chi connectivity index (χ2v) is 7.02. The maximum atomic E-state index is 13.0. The monoisotopic (exact) mass is 390 g/mol. The van der Waals surface area contributed by atoms with Crippen LogP contribution in [0.1, 0.15) is 18.4 Å². The van der Waals surface area contributed by atoms with Crippen LogP contribution in [-0.4, -0.2) is 23.9 Å². The largest absolute Gasteiger partial charge is 0.325 e. The fourth-order valence-electron chi connectivity index (χ4n) is 3.06. The molecular formula is C19H20BrFN2O. The molecule has 3 nitrogen and oxygen atoms in total. The molecule has 0 spiro atoms. The Morgan fingerprint density at radius 3 is 2.71 bits per heavy atom. The molecule has 1 fully saturated rings. The molecular weight excluding hydrogens is 371 g/mol. The first-order valence-electron chi connectivity index (χ1n) is 8.14. The number of nitrogens with one attached hydrogen (secondary N) is 1. The highest BCUT2D eigenvalue weighted by Gasteiger charge is 2.26. The highest BCUT2D eigenvalue weighted by molar-refractivity contribution is 9.10. The van der Waals surface area contributed by atoms with Crippen LogP contribution in [0.3, 0.4) is 0 Å². The van der Waals surface area contributed by atoms with Crippen LogP contribution in [0.4, 0.5) is 10.1 Å². The number of halogens is 2. The molecule has 0 saturated carbocycles. The van der Waals surface area contributed by atoms with E-state index >= 15 is 0 Å².